The summed E-state index contributed by atoms with van der Waals surface area (Å²) in [7, 11) is 1.14. The van der Waals surface area contributed by atoms with Crippen molar-refractivity contribution in [3.05, 3.63) is 45.5 Å². The van der Waals surface area contributed by atoms with Crippen LogP contribution in [0.25, 0.3) is 5.65 Å². The van der Waals surface area contributed by atoms with Gasteiger partial charge in [-0.2, -0.15) is 13.2 Å². The number of ether oxygens (including phenoxy) is 1. The SMILES string of the molecule is COC(=O)c1ccn2c(=O)c(C)c(C(F)(F)F)nc2c1. The van der Waals surface area contributed by atoms with Crippen molar-refractivity contribution < 1.29 is 22.7 Å². The third kappa shape index (κ3) is 2.24. The number of aromatic nitrogens is 2. The predicted octanol–water partition coefficient (Wildman–Crippen LogP) is 1.81. The van der Waals surface area contributed by atoms with Crippen LogP contribution >= 0.6 is 0 Å². The highest BCUT2D eigenvalue weighted by molar-refractivity contribution is 5.90. The number of pyridine rings is 1. The Kier molecular flexibility index (Phi) is 3.24. The molecule has 2 aromatic rings. The summed E-state index contributed by atoms with van der Waals surface area (Å²) < 4.78 is 43.7. The third-order valence-corrected chi connectivity index (χ3v) is 2.75. The number of carbonyl (C=O) groups excluding carboxylic acids is 1. The number of hydrogen-bond donors (Lipinski definition) is 0. The molecule has 0 saturated heterocycles. The van der Waals surface area contributed by atoms with Gasteiger partial charge in [-0.05, 0) is 19.1 Å². The first-order valence-electron chi connectivity index (χ1n) is 5.44. The molecule has 0 saturated carbocycles. The van der Waals surface area contributed by atoms with E-state index in [4.69, 9.17) is 0 Å². The number of halogens is 3. The van der Waals surface area contributed by atoms with Crippen LogP contribution in [0, 0.1) is 6.92 Å². The Morgan fingerprint density at radius 2 is 2.05 bits per heavy atom. The van der Waals surface area contributed by atoms with E-state index in [1.54, 1.807) is 0 Å². The van der Waals surface area contributed by atoms with E-state index in [1.165, 1.54) is 12.3 Å². The first-order chi connectivity index (χ1) is 9.25. The number of fused-ring (bicyclic) bond motifs is 1. The number of nitrogens with zero attached hydrogens (tertiary/aromatic N) is 2. The molecular formula is C12H9F3N2O3. The normalized spacial score (nSPS) is 11.7. The van der Waals surface area contributed by atoms with Gasteiger partial charge in [0.25, 0.3) is 5.56 Å². The molecule has 0 N–H and O–H groups in total. The fourth-order valence-corrected chi connectivity index (χ4v) is 1.75. The van der Waals surface area contributed by atoms with Crippen LogP contribution in [0.1, 0.15) is 21.6 Å². The fourth-order valence-electron chi connectivity index (χ4n) is 1.75. The lowest BCUT2D eigenvalue weighted by Gasteiger charge is -2.11. The van der Waals surface area contributed by atoms with Gasteiger partial charge in [-0.1, -0.05) is 0 Å². The lowest BCUT2D eigenvalue weighted by Crippen LogP contribution is -2.24. The van der Waals surface area contributed by atoms with Crippen LogP contribution in [0.15, 0.2) is 23.1 Å². The molecule has 0 atom stereocenters. The van der Waals surface area contributed by atoms with E-state index in [1.807, 2.05) is 0 Å². The molecule has 0 bridgehead atoms. The van der Waals surface area contributed by atoms with Gasteiger partial charge in [-0.3, -0.25) is 9.20 Å². The summed E-state index contributed by atoms with van der Waals surface area (Å²) in [5, 5.41) is 0. The van der Waals surface area contributed by atoms with Crippen molar-refractivity contribution in [3.63, 3.8) is 0 Å². The van der Waals surface area contributed by atoms with E-state index < -0.39 is 29.0 Å². The van der Waals surface area contributed by atoms with Crippen LogP contribution in [0.5, 0.6) is 0 Å². The Morgan fingerprint density at radius 3 is 2.60 bits per heavy atom. The standard InChI is InChI=1S/C12H9F3N2O3/c1-6-9(12(13,14)15)16-8-5-7(11(19)20-2)3-4-17(8)10(6)18/h3-5H,1-2H3. The minimum Gasteiger partial charge on any atom is -0.465 e. The first-order valence-corrected chi connectivity index (χ1v) is 5.44. The molecule has 0 fully saturated rings. The lowest BCUT2D eigenvalue weighted by atomic mass is 10.2. The van der Waals surface area contributed by atoms with Gasteiger partial charge >= 0.3 is 12.1 Å². The van der Waals surface area contributed by atoms with E-state index in [2.05, 4.69) is 9.72 Å². The Morgan fingerprint density at radius 1 is 1.40 bits per heavy atom. The van der Waals surface area contributed by atoms with Crippen LogP contribution in [0.2, 0.25) is 0 Å². The Bertz CT molecular complexity index is 750. The molecule has 0 unspecified atom stereocenters. The minimum atomic E-state index is -4.74. The average Bonchev–Trinajstić information content (AvgIpc) is 2.40. The van der Waals surface area contributed by atoms with E-state index in [0.717, 1.165) is 24.5 Å². The van der Waals surface area contributed by atoms with Crippen molar-refractivity contribution in [2.75, 3.05) is 7.11 Å². The van der Waals surface area contributed by atoms with Crippen molar-refractivity contribution in [1.29, 1.82) is 0 Å². The number of methoxy groups -OCH3 is 1. The zero-order chi connectivity index (χ0) is 15.1. The molecule has 0 aliphatic heterocycles. The topological polar surface area (TPSA) is 60.7 Å². The monoisotopic (exact) mass is 286 g/mol. The molecule has 0 aromatic carbocycles. The predicted molar refractivity (Wildman–Crippen MR) is 62.5 cm³/mol. The Hall–Kier alpha value is -2.38. The Balaban J connectivity index is 2.79. The summed E-state index contributed by atoms with van der Waals surface area (Å²) in [6.45, 7) is 1.05. The second-order valence-electron chi connectivity index (χ2n) is 4.02. The van der Waals surface area contributed by atoms with Crippen LogP contribution in [0.4, 0.5) is 13.2 Å². The first kappa shape index (κ1) is 14.0. The van der Waals surface area contributed by atoms with Gasteiger partial charge in [0.05, 0.1) is 12.7 Å². The number of hydrogen-bond acceptors (Lipinski definition) is 4. The summed E-state index contributed by atoms with van der Waals surface area (Å²) in [6, 6.07) is 2.34. The molecule has 2 rings (SSSR count). The van der Waals surface area contributed by atoms with Crippen molar-refractivity contribution in [2.45, 2.75) is 13.1 Å². The molecule has 0 spiro atoms. The second kappa shape index (κ2) is 4.62. The van der Waals surface area contributed by atoms with Gasteiger partial charge in [-0.25, -0.2) is 9.78 Å². The maximum atomic E-state index is 12.8. The second-order valence-corrected chi connectivity index (χ2v) is 4.02. The van der Waals surface area contributed by atoms with Gasteiger partial charge in [-0.15, -0.1) is 0 Å². The number of carbonyl (C=O) groups is 1. The molecule has 5 nitrogen and oxygen atoms in total. The zero-order valence-electron chi connectivity index (χ0n) is 10.5. The van der Waals surface area contributed by atoms with Crippen LogP contribution in [-0.4, -0.2) is 22.5 Å². The molecule has 2 heterocycles. The van der Waals surface area contributed by atoms with Crippen molar-refractivity contribution in [3.8, 4) is 0 Å². The summed E-state index contributed by atoms with van der Waals surface area (Å²) >= 11 is 0. The van der Waals surface area contributed by atoms with Gasteiger partial charge < -0.3 is 4.74 Å². The highest BCUT2D eigenvalue weighted by Crippen LogP contribution is 2.29. The molecule has 2 aromatic heterocycles. The molecular weight excluding hydrogens is 277 g/mol. The summed E-state index contributed by atoms with van der Waals surface area (Å²) in [4.78, 5) is 26.6. The maximum absolute atomic E-state index is 12.8. The average molecular weight is 286 g/mol. The minimum absolute atomic E-state index is 0.0105. The van der Waals surface area contributed by atoms with Crippen molar-refractivity contribution in [1.82, 2.24) is 9.38 Å². The molecule has 106 valence electrons. The van der Waals surface area contributed by atoms with Crippen molar-refractivity contribution in [2.24, 2.45) is 0 Å². The lowest BCUT2D eigenvalue weighted by molar-refractivity contribution is -0.141. The highest BCUT2D eigenvalue weighted by Gasteiger charge is 2.36. The quantitative estimate of drug-likeness (QED) is 0.750. The van der Waals surface area contributed by atoms with Crippen LogP contribution in [-0.2, 0) is 10.9 Å². The number of rotatable bonds is 1. The van der Waals surface area contributed by atoms with Gasteiger partial charge in [0.15, 0.2) is 5.69 Å². The van der Waals surface area contributed by atoms with Crippen molar-refractivity contribution >= 4 is 11.6 Å². The van der Waals surface area contributed by atoms with Gasteiger partial charge in [0.2, 0.25) is 0 Å². The summed E-state index contributed by atoms with van der Waals surface area (Å²) in [6.07, 6.45) is -3.55. The third-order valence-electron chi connectivity index (χ3n) is 2.75. The van der Waals surface area contributed by atoms with Crippen LogP contribution in [0.3, 0.4) is 0 Å². The van der Waals surface area contributed by atoms with E-state index in [0.29, 0.717) is 0 Å². The van der Waals surface area contributed by atoms with Gasteiger partial charge in [0, 0.05) is 11.8 Å². The molecule has 0 aliphatic rings. The summed E-state index contributed by atoms with van der Waals surface area (Å²) in [5.74, 6) is -0.726. The molecule has 0 amide bonds. The zero-order valence-corrected chi connectivity index (χ0v) is 10.5. The maximum Gasteiger partial charge on any atom is 0.433 e. The number of esters is 1. The summed E-state index contributed by atoms with van der Waals surface area (Å²) in [5.41, 5.74) is -2.85. The van der Waals surface area contributed by atoms with E-state index >= 15 is 0 Å². The highest BCUT2D eigenvalue weighted by atomic mass is 19.4. The molecule has 0 aliphatic carbocycles. The smallest absolute Gasteiger partial charge is 0.433 e. The molecule has 20 heavy (non-hydrogen) atoms. The largest absolute Gasteiger partial charge is 0.465 e. The van der Waals surface area contributed by atoms with Gasteiger partial charge in [0.1, 0.15) is 5.65 Å². The van der Waals surface area contributed by atoms with E-state index in [-0.39, 0.29) is 11.2 Å². The van der Waals surface area contributed by atoms with E-state index in [9.17, 15) is 22.8 Å². The molecule has 0 radical (unpaired) electrons. The molecule has 8 heteroatoms. The number of alkyl halides is 3. The van der Waals surface area contributed by atoms with Crippen LogP contribution < -0.4 is 5.56 Å². The Labute approximate surface area is 110 Å². The fraction of sp³-hybridized carbons (Fsp3) is 0.250.